The Morgan fingerprint density at radius 2 is 2.13 bits per heavy atom. The molecule has 31 heavy (non-hydrogen) atoms. The third kappa shape index (κ3) is 4.59. The molecular weight excluding hydrogens is 394 g/mol. The highest BCUT2D eigenvalue weighted by Crippen LogP contribution is 2.29. The van der Waals surface area contributed by atoms with Crippen molar-refractivity contribution in [1.82, 2.24) is 35.0 Å². The summed E-state index contributed by atoms with van der Waals surface area (Å²) in [6.07, 6.45) is 4.01. The SMILES string of the molecule is CCOCCn1nc(CC)c2nc(N3C[C@@H](C)NC[C@@H]3C)nc(Nc3ccncn3)c21. The van der Waals surface area contributed by atoms with Crippen molar-refractivity contribution in [1.29, 1.82) is 0 Å². The Kier molecular flexibility index (Phi) is 6.57. The summed E-state index contributed by atoms with van der Waals surface area (Å²) in [6, 6.07) is 2.48. The lowest BCUT2D eigenvalue weighted by Gasteiger charge is -2.37. The fourth-order valence-electron chi connectivity index (χ4n) is 3.83. The van der Waals surface area contributed by atoms with E-state index < -0.39 is 0 Å². The molecule has 1 aliphatic heterocycles. The van der Waals surface area contributed by atoms with Crippen molar-refractivity contribution >= 4 is 28.6 Å². The van der Waals surface area contributed by atoms with Gasteiger partial charge >= 0.3 is 0 Å². The number of hydrogen-bond acceptors (Lipinski definition) is 9. The molecule has 0 spiro atoms. The van der Waals surface area contributed by atoms with Crippen molar-refractivity contribution in [3.63, 3.8) is 0 Å². The smallest absolute Gasteiger partial charge is 0.228 e. The Morgan fingerprint density at radius 1 is 1.26 bits per heavy atom. The van der Waals surface area contributed by atoms with Crippen LogP contribution >= 0.6 is 0 Å². The Morgan fingerprint density at radius 3 is 2.87 bits per heavy atom. The fraction of sp³-hybridized carbons (Fsp3) is 0.571. The number of aromatic nitrogens is 6. The van der Waals surface area contributed by atoms with Crippen LogP contribution in [0.25, 0.3) is 11.0 Å². The molecule has 2 atom stereocenters. The van der Waals surface area contributed by atoms with Crippen LogP contribution in [-0.2, 0) is 17.7 Å². The normalized spacial score (nSPS) is 19.2. The second-order valence-electron chi connectivity index (χ2n) is 7.82. The highest BCUT2D eigenvalue weighted by atomic mass is 16.5. The first-order valence-corrected chi connectivity index (χ1v) is 11.0. The molecule has 0 aliphatic carbocycles. The maximum absolute atomic E-state index is 5.57. The lowest BCUT2D eigenvalue weighted by molar-refractivity contribution is 0.137. The summed E-state index contributed by atoms with van der Waals surface area (Å²) in [5.74, 6) is 2.09. The van der Waals surface area contributed by atoms with Crippen molar-refractivity contribution in [2.24, 2.45) is 0 Å². The maximum atomic E-state index is 5.57. The molecule has 0 radical (unpaired) electrons. The molecule has 0 aromatic carbocycles. The Bertz CT molecular complexity index is 1010. The monoisotopic (exact) mass is 425 g/mol. The van der Waals surface area contributed by atoms with Crippen molar-refractivity contribution in [2.75, 3.05) is 36.5 Å². The van der Waals surface area contributed by atoms with E-state index in [1.807, 2.05) is 17.7 Å². The molecule has 4 heterocycles. The molecule has 1 fully saturated rings. The molecule has 1 aliphatic rings. The van der Waals surface area contributed by atoms with Crippen molar-refractivity contribution in [2.45, 2.75) is 52.7 Å². The lowest BCUT2D eigenvalue weighted by atomic mass is 10.1. The van der Waals surface area contributed by atoms with E-state index in [9.17, 15) is 0 Å². The number of nitrogens with one attached hydrogen (secondary N) is 2. The standard InChI is InChI=1S/C21H31N9O/c1-5-16-18-19(30(28-16)9-10-31-6-2)20(25-17-7-8-22-13-24-17)27-21(26-18)29-12-14(3)23-11-15(29)4/h7-8,13-15,23H,5-6,9-12H2,1-4H3,(H,22,24,25,26,27)/t14-,15+/m1/s1. The lowest BCUT2D eigenvalue weighted by Crippen LogP contribution is -2.55. The molecule has 166 valence electrons. The number of aryl methyl sites for hydroxylation is 1. The summed E-state index contributed by atoms with van der Waals surface area (Å²) < 4.78 is 7.52. The van der Waals surface area contributed by atoms with Crippen LogP contribution in [-0.4, -0.2) is 68.1 Å². The number of piperazine rings is 1. The van der Waals surface area contributed by atoms with Gasteiger partial charge in [-0.05, 0) is 33.3 Å². The molecular formula is C21H31N9O. The molecule has 3 aromatic rings. The van der Waals surface area contributed by atoms with Gasteiger partial charge in [-0.1, -0.05) is 6.92 Å². The summed E-state index contributed by atoms with van der Waals surface area (Å²) in [5.41, 5.74) is 2.70. The predicted molar refractivity (Wildman–Crippen MR) is 121 cm³/mol. The van der Waals surface area contributed by atoms with Crippen LogP contribution in [0.5, 0.6) is 0 Å². The molecule has 2 N–H and O–H groups in total. The average molecular weight is 426 g/mol. The van der Waals surface area contributed by atoms with E-state index in [1.54, 1.807) is 6.20 Å². The molecule has 10 nitrogen and oxygen atoms in total. The summed E-state index contributed by atoms with van der Waals surface area (Å²) in [4.78, 5) is 20.5. The van der Waals surface area contributed by atoms with Gasteiger partial charge in [0.1, 0.15) is 23.2 Å². The number of rotatable bonds is 8. The topological polar surface area (TPSA) is 106 Å². The number of nitrogens with zero attached hydrogens (tertiary/aromatic N) is 7. The first-order chi connectivity index (χ1) is 15.1. The summed E-state index contributed by atoms with van der Waals surface area (Å²) >= 11 is 0. The van der Waals surface area contributed by atoms with Crippen LogP contribution in [0.1, 0.15) is 33.4 Å². The van der Waals surface area contributed by atoms with Crippen LogP contribution in [0.15, 0.2) is 18.6 Å². The van der Waals surface area contributed by atoms with E-state index in [4.69, 9.17) is 19.8 Å². The minimum absolute atomic E-state index is 0.290. The second kappa shape index (κ2) is 9.52. The highest BCUT2D eigenvalue weighted by molar-refractivity contribution is 5.90. The van der Waals surface area contributed by atoms with Gasteiger partial charge in [0, 0.05) is 38.0 Å². The molecule has 0 amide bonds. The zero-order valence-corrected chi connectivity index (χ0v) is 18.7. The molecule has 0 bridgehead atoms. The average Bonchev–Trinajstić information content (AvgIpc) is 3.14. The minimum atomic E-state index is 0.290. The van der Waals surface area contributed by atoms with Crippen molar-refractivity contribution in [3.8, 4) is 0 Å². The predicted octanol–water partition coefficient (Wildman–Crippen LogP) is 2.15. The van der Waals surface area contributed by atoms with Gasteiger partial charge in [0.05, 0.1) is 18.8 Å². The number of ether oxygens (including phenoxy) is 1. The molecule has 0 unspecified atom stereocenters. The Labute approximate surface area is 182 Å². The molecule has 4 rings (SSSR count). The number of hydrogen-bond donors (Lipinski definition) is 2. The van der Waals surface area contributed by atoms with Crippen LogP contribution in [0.3, 0.4) is 0 Å². The van der Waals surface area contributed by atoms with Crippen molar-refractivity contribution in [3.05, 3.63) is 24.3 Å². The minimum Gasteiger partial charge on any atom is -0.380 e. The van der Waals surface area contributed by atoms with E-state index in [2.05, 4.69) is 46.3 Å². The quantitative estimate of drug-likeness (QED) is 0.525. The van der Waals surface area contributed by atoms with Gasteiger partial charge in [0.15, 0.2) is 5.82 Å². The first kappa shape index (κ1) is 21.4. The van der Waals surface area contributed by atoms with Gasteiger partial charge in [-0.15, -0.1) is 0 Å². The van der Waals surface area contributed by atoms with E-state index in [1.165, 1.54) is 6.33 Å². The van der Waals surface area contributed by atoms with Gasteiger partial charge in [-0.3, -0.25) is 4.68 Å². The Hall–Kier alpha value is -2.85. The van der Waals surface area contributed by atoms with Crippen LogP contribution in [0.2, 0.25) is 0 Å². The fourth-order valence-corrected chi connectivity index (χ4v) is 3.83. The Balaban J connectivity index is 1.83. The largest absolute Gasteiger partial charge is 0.380 e. The maximum Gasteiger partial charge on any atom is 0.228 e. The first-order valence-electron chi connectivity index (χ1n) is 11.0. The van der Waals surface area contributed by atoms with Gasteiger partial charge in [-0.25, -0.2) is 15.0 Å². The number of anilines is 3. The molecule has 10 heteroatoms. The zero-order valence-electron chi connectivity index (χ0n) is 18.7. The van der Waals surface area contributed by atoms with Gasteiger partial charge in [0.25, 0.3) is 0 Å². The summed E-state index contributed by atoms with van der Waals surface area (Å²) in [7, 11) is 0. The molecule has 0 saturated carbocycles. The van der Waals surface area contributed by atoms with E-state index >= 15 is 0 Å². The van der Waals surface area contributed by atoms with Gasteiger partial charge in [0.2, 0.25) is 5.95 Å². The summed E-state index contributed by atoms with van der Waals surface area (Å²) in [6.45, 7) is 12.1. The van der Waals surface area contributed by atoms with Crippen LogP contribution in [0, 0.1) is 0 Å². The third-order valence-electron chi connectivity index (χ3n) is 5.48. The third-order valence-corrected chi connectivity index (χ3v) is 5.48. The molecule has 1 saturated heterocycles. The van der Waals surface area contributed by atoms with Crippen molar-refractivity contribution < 1.29 is 4.74 Å². The summed E-state index contributed by atoms with van der Waals surface area (Å²) in [5, 5.41) is 11.7. The van der Waals surface area contributed by atoms with Gasteiger partial charge < -0.3 is 20.3 Å². The molecule has 3 aromatic heterocycles. The van der Waals surface area contributed by atoms with E-state index in [0.29, 0.717) is 49.4 Å². The van der Waals surface area contributed by atoms with E-state index in [-0.39, 0.29) is 0 Å². The second-order valence-corrected chi connectivity index (χ2v) is 7.82. The van der Waals surface area contributed by atoms with Crippen LogP contribution in [0.4, 0.5) is 17.6 Å². The van der Waals surface area contributed by atoms with Gasteiger partial charge in [-0.2, -0.15) is 10.1 Å². The number of fused-ring (bicyclic) bond motifs is 1. The van der Waals surface area contributed by atoms with E-state index in [0.717, 1.165) is 36.2 Å². The zero-order chi connectivity index (χ0) is 21.8. The highest BCUT2D eigenvalue weighted by Gasteiger charge is 2.27. The van der Waals surface area contributed by atoms with Crippen LogP contribution < -0.4 is 15.5 Å².